The van der Waals surface area contributed by atoms with Crippen molar-refractivity contribution in [3.63, 3.8) is 0 Å². The van der Waals surface area contributed by atoms with Gasteiger partial charge in [-0.05, 0) is 24.3 Å². The van der Waals surface area contributed by atoms with Crippen molar-refractivity contribution in [2.24, 2.45) is 0 Å². The van der Waals surface area contributed by atoms with Crippen LogP contribution in [0.1, 0.15) is 5.69 Å². The first-order valence-corrected chi connectivity index (χ1v) is 5.70. The van der Waals surface area contributed by atoms with Crippen LogP contribution in [0.4, 0.5) is 5.82 Å². The Bertz CT molecular complexity index is 511. The Morgan fingerprint density at radius 2 is 1.71 bits per heavy atom. The van der Waals surface area contributed by atoms with E-state index in [0.717, 1.165) is 5.69 Å². The molecule has 0 atom stereocenters. The molecular weight excluding hydrogens is 259 g/mol. The van der Waals surface area contributed by atoms with E-state index >= 15 is 0 Å². The number of hydrogen-bond donors (Lipinski definition) is 1. The molecule has 0 aliphatic rings. The van der Waals surface area contributed by atoms with E-state index in [1.807, 2.05) is 12.1 Å². The van der Waals surface area contributed by atoms with Crippen molar-refractivity contribution in [1.82, 2.24) is 4.98 Å². The molecular formula is C12H10Cl2N2O. The van der Waals surface area contributed by atoms with Crippen LogP contribution in [0.25, 0.3) is 0 Å². The highest BCUT2D eigenvalue weighted by Gasteiger charge is 2.07. The lowest BCUT2D eigenvalue weighted by Crippen LogP contribution is -2.01. The summed E-state index contributed by atoms with van der Waals surface area (Å²) in [4.78, 5) is 4.11. The van der Waals surface area contributed by atoms with Gasteiger partial charge in [-0.2, -0.15) is 0 Å². The third-order valence-corrected chi connectivity index (χ3v) is 2.71. The van der Waals surface area contributed by atoms with Gasteiger partial charge in [0.25, 0.3) is 0 Å². The van der Waals surface area contributed by atoms with Gasteiger partial charge >= 0.3 is 0 Å². The number of benzene rings is 1. The Hall–Kier alpha value is -1.45. The molecule has 0 saturated heterocycles. The fraction of sp³-hybridized carbons (Fsp3) is 0.0833. The zero-order valence-electron chi connectivity index (χ0n) is 8.86. The van der Waals surface area contributed by atoms with Crippen molar-refractivity contribution >= 4 is 29.0 Å². The van der Waals surface area contributed by atoms with Crippen LogP contribution < -0.4 is 10.5 Å². The standard InChI is InChI=1S/C12H10Cl2N2O/c13-9-4-2-5-10(14)12(9)17-7-8-3-1-6-11(15)16-8/h1-6H,7H2,(H2,15,16). The molecule has 0 radical (unpaired) electrons. The predicted molar refractivity (Wildman–Crippen MR) is 69.4 cm³/mol. The molecule has 1 aromatic heterocycles. The monoisotopic (exact) mass is 268 g/mol. The normalized spacial score (nSPS) is 10.2. The van der Waals surface area contributed by atoms with Gasteiger partial charge in [0, 0.05) is 0 Å². The second kappa shape index (κ2) is 5.25. The number of halogens is 2. The fourth-order valence-electron chi connectivity index (χ4n) is 1.35. The van der Waals surface area contributed by atoms with Gasteiger partial charge in [-0.1, -0.05) is 35.3 Å². The molecule has 1 heterocycles. The van der Waals surface area contributed by atoms with E-state index in [1.165, 1.54) is 0 Å². The number of nitrogen functional groups attached to an aromatic ring is 1. The summed E-state index contributed by atoms with van der Waals surface area (Å²) in [6.07, 6.45) is 0. The van der Waals surface area contributed by atoms with Crippen molar-refractivity contribution in [2.75, 3.05) is 5.73 Å². The maximum absolute atomic E-state index is 5.97. The molecule has 2 rings (SSSR count). The number of nitrogens with two attached hydrogens (primary N) is 1. The molecule has 2 aromatic rings. The summed E-state index contributed by atoms with van der Waals surface area (Å²) in [6.45, 7) is 0.272. The molecule has 0 unspecified atom stereocenters. The molecule has 0 spiro atoms. The summed E-state index contributed by atoms with van der Waals surface area (Å²) in [7, 11) is 0. The molecule has 5 heteroatoms. The van der Waals surface area contributed by atoms with Crippen LogP contribution in [0.5, 0.6) is 5.75 Å². The van der Waals surface area contributed by atoms with Gasteiger partial charge in [0.05, 0.1) is 15.7 Å². The number of nitrogens with zero attached hydrogens (tertiary/aromatic N) is 1. The third kappa shape index (κ3) is 3.02. The molecule has 0 bridgehead atoms. The van der Waals surface area contributed by atoms with Crippen LogP contribution in [0.2, 0.25) is 10.0 Å². The van der Waals surface area contributed by atoms with Crippen LogP contribution in [0.3, 0.4) is 0 Å². The largest absolute Gasteiger partial charge is 0.484 e. The van der Waals surface area contributed by atoms with Gasteiger partial charge in [-0.3, -0.25) is 0 Å². The molecule has 1 aromatic carbocycles. The lowest BCUT2D eigenvalue weighted by Gasteiger charge is -2.09. The van der Waals surface area contributed by atoms with Crippen LogP contribution in [-0.2, 0) is 6.61 Å². The maximum Gasteiger partial charge on any atom is 0.157 e. The van der Waals surface area contributed by atoms with Crippen LogP contribution in [0, 0.1) is 0 Å². The minimum absolute atomic E-state index is 0.272. The topological polar surface area (TPSA) is 48.1 Å². The van der Waals surface area contributed by atoms with Crippen LogP contribution >= 0.6 is 23.2 Å². The Kier molecular flexibility index (Phi) is 3.71. The van der Waals surface area contributed by atoms with Gasteiger partial charge in [0.15, 0.2) is 5.75 Å². The van der Waals surface area contributed by atoms with Gasteiger partial charge in [-0.25, -0.2) is 4.98 Å². The van der Waals surface area contributed by atoms with E-state index < -0.39 is 0 Å². The third-order valence-electron chi connectivity index (χ3n) is 2.11. The molecule has 17 heavy (non-hydrogen) atoms. The SMILES string of the molecule is Nc1cccc(COc2c(Cl)cccc2Cl)n1. The van der Waals surface area contributed by atoms with Gasteiger partial charge < -0.3 is 10.5 Å². The molecule has 0 aliphatic carbocycles. The van der Waals surface area contributed by atoms with Crippen molar-refractivity contribution in [3.8, 4) is 5.75 Å². The van der Waals surface area contributed by atoms with Crippen molar-refractivity contribution < 1.29 is 4.74 Å². The number of ether oxygens (including phenoxy) is 1. The highest BCUT2D eigenvalue weighted by molar-refractivity contribution is 6.37. The Balaban J connectivity index is 2.13. The van der Waals surface area contributed by atoms with E-state index in [1.54, 1.807) is 24.3 Å². The van der Waals surface area contributed by atoms with Gasteiger partial charge in [0.2, 0.25) is 0 Å². The first-order chi connectivity index (χ1) is 8.16. The molecule has 0 fully saturated rings. The molecule has 0 saturated carbocycles. The Morgan fingerprint density at radius 1 is 1.06 bits per heavy atom. The predicted octanol–water partition coefficient (Wildman–Crippen LogP) is 3.55. The van der Waals surface area contributed by atoms with E-state index in [-0.39, 0.29) is 6.61 Å². The average Bonchev–Trinajstić information content (AvgIpc) is 2.28. The van der Waals surface area contributed by atoms with Crippen LogP contribution in [-0.4, -0.2) is 4.98 Å². The molecule has 88 valence electrons. The van der Waals surface area contributed by atoms with Crippen molar-refractivity contribution in [2.45, 2.75) is 6.61 Å². The summed E-state index contributed by atoms with van der Waals surface area (Å²) in [5.74, 6) is 0.913. The fourth-order valence-corrected chi connectivity index (χ4v) is 1.85. The second-order valence-corrected chi connectivity index (χ2v) is 4.21. The Labute approximate surface area is 109 Å². The number of anilines is 1. The highest BCUT2D eigenvalue weighted by Crippen LogP contribution is 2.32. The molecule has 0 aliphatic heterocycles. The number of rotatable bonds is 3. The van der Waals surface area contributed by atoms with E-state index in [4.69, 9.17) is 33.7 Å². The molecule has 3 nitrogen and oxygen atoms in total. The van der Waals surface area contributed by atoms with Gasteiger partial charge in [-0.15, -0.1) is 0 Å². The number of para-hydroxylation sites is 1. The zero-order chi connectivity index (χ0) is 12.3. The average molecular weight is 269 g/mol. The van der Waals surface area contributed by atoms with Gasteiger partial charge in [0.1, 0.15) is 12.4 Å². The lowest BCUT2D eigenvalue weighted by molar-refractivity contribution is 0.302. The zero-order valence-corrected chi connectivity index (χ0v) is 10.4. The first-order valence-electron chi connectivity index (χ1n) is 4.95. The van der Waals surface area contributed by atoms with E-state index in [2.05, 4.69) is 4.98 Å². The summed E-state index contributed by atoms with van der Waals surface area (Å²) >= 11 is 11.9. The Morgan fingerprint density at radius 3 is 2.35 bits per heavy atom. The first kappa shape index (κ1) is 12.0. The molecule has 0 amide bonds. The number of aromatic nitrogens is 1. The minimum Gasteiger partial charge on any atom is -0.484 e. The summed E-state index contributed by atoms with van der Waals surface area (Å²) in [5.41, 5.74) is 6.29. The summed E-state index contributed by atoms with van der Waals surface area (Å²) in [6, 6.07) is 10.5. The van der Waals surface area contributed by atoms with Crippen molar-refractivity contribution in [1.29, 1.82) is 0 Å². The van der Waals surface area contributed by atoms with E-state index in [0.29, 0.717) is 21.6 Å². The summed E-state index contributed by atoms with van der Waals surface area (Å²) in [5, 5.41) is 0.947. The highest BCUT2D eigenvalue weighted by atomic mass is 35.5. The quantitative estimate of drug-likeness (QED) is 0.926. The minimum atomic E-state index is 0.272. The number of pyridine rings is 1. The number of hydrogen-bond acceptors (Lipinski definition) is 3. The maximum atomic E-state index is 5.97. The van der Waals surface area contributed by atoms with Crippen LogP contribution in [0.15, 0.2) is 36.4 Å². The van der Waals surface area contributed by atoms with E-state index in [9.17, 15) is 0 Å². The lowest BCUT2D eigenvalue weighted by atomic mass is 10.3. The molecule has 2 N–H and O–H groups in total. The second-order valence-electron chi connectivity index (χ2n) is 3.39. The van der Waals surface area contributed by atoms with Crippen molar-refractivity contribution in [3.05, 3.63) is 52.1 Å². The smallest absolute Gasteiger partial charge is 0.157 e. The summed E-state index contributed by atoms with van der Waals surface area (Å²) < 4.78 is 5.53.